The zero-order valence-corrected chi connectivity index (χ0v) is 9.55. The fourth-order valence-electron chi connectivity index (χ4n) is 1.89. The topological polar surface area (TPSA) is 76.2 Å². The molecule has 4 nitrogen and oxygen atoms in total. The number of rotatable bonds is 3. The molecule has 1 heterocycles. The van der Waals surface area contributed by atoms with E-state index in [1.54, 1.807) is 0 Å². The molecule has 0 aliphatic carbocycles. The third-order valence-electron chi connectivity index (χ3n) is 2.69. The number of nitrogens with zero attached hydrogens (tertiary/aromatic N) is 1. The molecule has 1 aromatic carbocycles. The standard InChI is InChI=1S/C13H14N2O2/c1-8-6-9(7-11(14)13(16)17)10-4-2-3-5-12(10)15-8/h2-6,11H,7,14H2,1H3,(H,16,17)/t11-/m0/s1. The zero-order valence-electron chi connectivity index (χ0n) is 9.55. The number of aromatic nitrogens is 1. The molecule has 0 bridgehead atoms. The summed E-state index contributed by atoms with van der Waals surface area (Å²) in [7, 11) is 0. The highest BCUT2D eigenvalue weighted by Crippen LogP contribution is 2.19. The van der Waals surface area contributed by atoms with Crippen molar-refractivity contribution in [3.8, 4) is 0 Å². The molecule has 17 heavy (non-hydrogen) atoms. The van der Waals surface area contributed by atoms with E-state index in [0.29, 0.717) is 6.42 Å². The van der Waals surface area contributed by atoms with Crippen molar-refractivity contribution in [2.75, 3.05) is 0 Å². The summed E-state index contributed by atoms with van der Waals surface area (Å²) in [5.74, 6) is -0.983. The number of para-hydroxylation sites is 1. The Morgan fingerprint density at radius 1 is 1.47 bits per heavy atom. The summed E-state index contributed by atoms with van der Waals surface area (Å²) in [6, 6.07) is 8.69. The highest BCUT2D eigenvalue weighted by molar-refractivity contribution is 5.83. The minimum Gasteiger partial charge on any atom is -0.480 e. The monoisotopic (exact) mass is 230 g/mol. The number of carboxylic acid groups (broad SMARTS) is 1. The Kier molecular flexibility index (Phi) is 3.06. The summed E-state index contributed by atoms with van der Waals surface area (Å²) < 4.78 is 0. The molecule has 0 radical (unpaired) electrons. The van der Waals surface area contributed by atoms with E-state index in [4.69, 9.17) is 10.8 Å². The molecule has 2 rings (SSSR count). The molecule has 0 spiro atoms. The molecule has 4 heteroatoms. The van der Waals surface area contributed by atoms with Crippen molar-refractivity contribution in [3.63, 3.8) is 0 Å². The quantitative estimate of drug-likeness (QED) is 0.837. The van der Waals surface area contributed by atoms with Crippen LogP contribution in [0.4, 0.5) is 0 Å². The van der Waals surface area contributed by atoms with Crippen LogP contribution in [0, 0.1) is 6.92 Å². The first-order chi connectivity index (χ1) is 8.08. The van der Waals surface area contributed by atoms with Gasteiger partial charge in [0.2, 0.25) is 0 Å². The normalized spacial score (nSPS) is 12.6. The second-order valence-electron chi connectivity index (χ2n) is 4.09. The van der Waals surface area contributed by atoms with Crippen molar-refractivity contribution < 1.29 is 9.90 Å². The Balaban J connectivity index is 2.49. The summed E-state index contributed by atoms with van der Waals surface area (Å²) in [6.07, 6.45) is 0.319. The van der Waals surface area contributed by atoms with Crippen LogP contribution in [0.3, 0.4) is 0 Å². The van der Waals surface area contributed by atoms with Gasteiger partial charge in [0.25, 0.3) is 0 Å². The molecule has 0 aliphatic heterocycles. The SMILES string of the molecule is Cc1cc(C[C@H](N)C(=O)O)c2ccccc2n1. The number of carbonyl (C=O) groups is 1. The van der Waals surface area contributed by atoms with Gasteiger partial charge >= 0.3 is 5.97 Å². The van der Waals surface area contributed by atoms with Crippen LogP contribution >= 0.6 is 0 Å². The smallest absolute Gasteiger partial charge is 0.320 e. The summed E-state index contributed by atoms with van der Waals surface area (Å²) >= 11 is 0. The van der Waals surface area contributed by atoms with Crippen molar-refractivity contribution in [2.45, 2.75) is 19.4 Å². The van der Waals surface area contributed by atoms with E-state index in [1.807, 2.05) is 37.3 Å². The predicted molar refractivity (Wildman–Crippen MR) is 65.8 cm³/mol. The highest BCUT2D eigenvalue weighted by Gasteiger charge is 2.14. The molecular formula is C13H14N2O2. The van der Waals surface area contributed by atoms with Crippen LogP contribution < -0.4 is 5.73 Å². The van der Waals surface area contributed by atoms with Gasteiger partial charge in [0.1, 0.15) is 6.04 Å². The van der Waals surface area contributed by atoms with Gasteiger partial charge in [-0.1, -0.05) is 18.2 Å². The van der Waals surface area contributed by atoms with Crippen LogP contribution in [-0.2, 0) is 11.2 Å². The summed E-state index contributed by atoms with van der Waals surface area (Å²) in [6.45, 7) is 1.89. The zero-order chi connectivity index (χ0) is 12.4. The Morgan fingerprint density at radius 3 is 2.88 bits per heavy atom. The number of hydrogen-bond donors (Lipinski definition) is 2. The van der Waals surface area contributed by atoms with Crippen LogP contribution in [0.2, 0.25) is 0 Å². The Morgan fingerprint density at radius 2 is 2.18 bits per heavy atom. The molecule has 0 saturated heterocycles. The van der Waals surface area contributed by atoms with E-state index >= 15 is 0 Å². The van der Waals surface area contributed by atoms with E-state index in [2.05, 4.69) is 4.98 Å². The Labute approximate surface area is 99.1 Å². The molecule has 0 fully saturated rings. The molecule has 1 atom stereocenters. The van der Waals surface area contributed by atoms with Gasteiger partial charge in [-0.3, -0.25) is 9.78 Å². The highest BCUT2D eigenvalue weighted by atomic mass is 16.4. The number of hydrogen-bond acceptors (Lipinski definition) is 3. The van der Waals surface area contributed by atoms with E-state index in [9.17, 15) is 4.79 Å². The van der Waals surface area contributed by atoms with Gasteiger partial charge in [-0.15, -0.1) is 0 Å². The first-order valence-electron chi connectivity index (χ1n) is 5.41. The number of nitrogens with two attached hydrogens (primary N) is 1. The molecule has 88 valence electrons. The largest absolute Gasteiger partial charge is 0.480 e. The first kappa shape index (κ1) is 11.5. The van der Waals surface area contributed by atoms with Crippen LogP contribution in [-0.4, -0.2) is 22.1 Å². The molecule has 0 unspecified atom stereocenters. The first-order valence-corrected chi connectivity index (χ1v) is 5.41. The molecule has 1 aromatic heterocycles. The molecule has 0 amide bonds. The van der Waals surface area contributed by atoms with Gasteiger partial charge in [0, 0.05) is 11.1 Å². The van der Waals surface area contributed by atoms with Crippen molar-refractivity contribution >= 4 is 16.9 Å². The maximum Gasteiger partial charge on any atom is 0.320 e. The second kappa shape index (κ2) is 4.51. The fraction of sp³-hybridized carbons (Fsp3) is 0.231. The molecule has 2 aromatic rings. The van der Waals surface area contributed by atoms with Gasteiger partial charge in [0.15, 0.2) is 0 Å². The summed E-state index contributed by atoms with van der Waals surface area (Å²) in [4.78, 5) is 15.2. The molecular weight excluding hydrogens is 216 g/mol. The van der Waals surface area contributed by atoms with E-state index in [1.165, 1.54) is 0 Å². The van der Waals surface area contributed by atoms with Crippen LogP contribution in [0.25, 0.3) is 10.9 Å². The lowest BCUT2D eigenvalue weighted by Crippen LogP contribution is -2.32. The maximum absolute atomic E-state index is 10.8. The molecule has 0 saturated carbocycles. The van der Waals surface area contributed by atoms with Crippen LogP contribution in [0.15, 0.2) is 30.3 Å². The minimum atomic E-state index is -0.983. The summed E-state index contributed by atoms with van der Waals surface area (Å²) in [5.41, 5.74) is 8.25. The number of carboxylic acids is 1. The third-order valence-corrected chi connectivity index (χ3v) is 2.69. The van der Waals surface area contributed by atoms with E-state index in [-0.39, 0.29) is 0 Å². The van der Waals surface area contributed by atoms with E-state index in [0.717, 1.165) is 22.2 Å². The number of aliphatic carboxylic acids is 1. The predicted octanol–water partition coefficient (Wildman–Crippen LogP) is 1.50. The van der Waals surface area contributed by atoms with Crippen molar-refractivity contribution in [2.24, 2.45) is 5.73 Å². The number of pyridine rings is 1. The van der Waals surface area contributed by atoms with Crippen LogP contribution in [0.1, 0.15) is 11.3 Å². The molecule has 0 aliphatic rings. The molecule has 3 N–H and O–H groups in total. The fourth-order valence-corrected chi connectivity index (χ4v) is 1.89. The van der Waals surface area contributed by atoms with Crippen molar-refractivity contribution in [1.82, 2.24) is 4.98 Å². The number of benzene rings is 1. The average molecular weight is 230 g/mol. The third kappa shape index (κ3) is 2.42. The van der Waals surface area contributed by atoms with Crippen LogP contribution in [0.5, 0.6) is 0 Å². The Hall–Kier alpha value is -1.94. The lowest BCUT2D eigenvalue weighted by Gasteiger charge is -2.10. The summed E-state index contributed by atoms with van der Waals surface area (Å²) in [5, 5.41) is 9.81. The average Bonchev–Trinajstić information content (AvgIpc) is 2.28. The van der Waals surface area contributed by atoms with Gasteiger partial charge in [-0.05, 0) is 31.0 Å². The Bertz CT molecular complexity index is 566. The van der Waals surface area contributed by atoms with Gasteiger partial charge in [-0.25, -0.2) is 0 Å². The van der Waals surface area contributed by atoms with Crippen molar-refractivity contribution in [3.05, 3.63) is 41.6 Å². The van der Waals surface area contributed by atoms with E-state index < -0.39 is 12.0 Å². The maximum atomic E-state index is 10.8. The van der Waals surface area contributed by atoms with Gasteiger partial charge in [-0.2, -0.15) is 0 Å². The second-order valence-corrected chi connectivity index (χ2v) is 4.09. The van der Waals surface area contributed by atoms with Crippen molar-refractivity contribution in [1.29, 1.82) is 0 Å². The number of fused-ring (bicyclic) bond motifs is 1. The lowest BCUT2D eigenvalue weighted by molar-refractivity contribution is -0.138. The van der Waals surface area contributed by atoms with Gasteiger partial charge < -0.3 is 10.8 Å². The number of aryl methyl sites for hydroxylation is 1. The van der Waals surface area contributed by atoms with Gasteiger partial charge in [0.05, 0.1) is 5.52 Å². The lowest BCUT2D eigenvalue weighted by atomic mass is 10.0. The minimum absolute atomic E-state index is 0.319.